The van der Waals surface area contributed by atoms with E-state index in [1.54, 1.807) is 0 Å². The van der Waals surface area contributed by atoms with Crippen LogP contribution in [0.4, 0.5) is 0 Å². The van der Waals surface area contributed by atoms with Crippen molar-refractivity contribution in [2.75, 3.05) is 13.2 Å². The van der Waals surface area contributed by atoms with Gasteiger partial charge in [-0.2, -0.15) is 0 Å². The zero-order valence-corrected chi connectivity index (χ0v) is 7.20. The van der Waals surface area contributed by atoms with Crippen molar-refractivity contribution in [1.29, 1.82) is 0 Å². The molecular weight excluding hydrogens is 148 g/mol. The van der Waals surface area contributed by atoms with E-state index in [1.165, 1.54) is 12.8 Å². The molecule has 0 aromatic heterocycles. The maximum atomic E-state index is 5.35. The molecule has 0 heterocycles. The highest BCUT2D eigenvalue weighted by Gasteiger charge is 2.35. The summed E-state index contributed by atoms with van der Waals surface area (Å²) in [4.78, 5) is 0. The number of hydrogen-bond donors (Lipinski definition) is 0. The Kier molecular flexibility index (Phi) is 2.19. The molecule has 0 amide bonds. The lowest BCUT2D eigenvalue weighted by Crippen LogP contribution is -2.14. The second kappa shape index (κ2) is 3.33. The summed E-state index contributed by atoms with van der Waals surface area (Å²) in [5.41, 5.74) is 0. The number of allylic oxidation sites excluding steroid dienone is 2. The van der Waals surface area contributed by atoms with Crippen LogP contribution in [0, 0.1) is 30.1 Å². The number of rotatable bonds is 3. The molecule has 1 unspecified atom stereocenters. The predicted molar refractivity (Wildman–Crippen MR) is 48.5 cm³/mol. The number of hydrogen-bond acceptors (Lipinski definition) is 1. The van der Waals surface area contributed by atoms with Gasteiger partial charge in [-0.3, -0.25) is 0 Å². The van der Waals surface area contributed by atoms with Crippen LogP contribution < -0.4 is 0 Å². The summed E-state index contributed by atoms with van der Waals surface area (Å²) >= 11 is 0. The highest BCUT2D eigenvalue weighted by molar-refractivity contribution is 5.10. The molecule has 2 aliphatic rings. The van der Waals surface area contributed by atoms with Crippen molar-refractivity contribution in [3.8, 4) is 12.3 Å². The van der Waals surface area contributed by atoms with Gasteiger partial charge in [0.2, 0.25) is 0 Å². The molecule has 0 N–H and O–H groups in total. The van der Waals surface area contributed by atoms with Gasteiger partial charge in [-0.15, -0.1) is 6.42 Å². The Morgan fingerprint density at radius 2 is 2.33 bits per heavy atom. The molecule has 3 atom stereocenters. The normalized spacial score (nSPS) is 37.1. The molecule has 1 heteroatoms. The summed E-state index contributed by atoms with van der Waals surface area (Å²) in [5.74, 6) is 4.87. The number of terminal acetylenes is 1. The molecule has 12 heavy (non-hydrogen) atoms. The van der Waals surface area contributed by atoms with E-state index in [9.17, 15) is 0 Å². The molecule has 0 aliphatic heterocycles. The van der Waals surface area contributed by atoms with Crippen LogP contribution in [-0.2, 0) is 4.74 Å². The third kappa shape index (κ3) is 1.40. The molecule has 2 bridgehead atoms. The Labute approximate surface area is 73.8 Å². The van der Waals surface area contributed by atoms with Crippen LogP contribution in [0.5, 0.6) is 0 Å². The SMILES string of the molecule is C#CCOCC1C[C@@H]2C=C[C@H]1C2. The van der Waals surface area contributed by atoms with E-state index >= 15 is 0 Å². The lowest BCUT2D eigenvalue weighted by Gasteiger charge is -2.16. The van der Waals surface area contributed by atoms with Gasteiger partial charge in [0, 0.05) is 0 Å². The Balaban J connectivity index is 1.77. The molecule has 0 radical (unpaired) electrons. The van der Waals surface area contributed by atoms with Crippen molar-refractivity contribution in [1.82, 2.24) is 0 Å². The second-order valence-corrected chi connectivity index (χ2v) is 3.76. The third-order valence-corrected chi connectivity index (χ3v) is 2.93. The number of fused-ring (bicyclic) bond motifs is 2. The number of ether oxygens (including phenoxy) is 1. The zero-order valence-electron chi connectivity index (χ0n) is 7.20. The summed E-state index contributed by atoms with van der Waals surface area (Å²) < 4.78 is 5.35. The standard InChI is InChI=1S/C11H14O/c1-2-5-12-8-11-7-9-3-4-10(11)6-9/h1,3-4,9-11H,5-8H2/t9-,10+,11?/m1/s1. The van der Waals surface area contributed by atoms with Crippen LogP contribution in [0.2, 0.25) is 0 Å². The minimum absolute atomic E-state index is 0.470. The Bertz CT molecular complexity index is 224. The topological polar surface area (TPSA) is 9.23 Å². The fourth-order valence-electron chi connectivity index (χ4n) is 2.36. The van der Waals surface area contributed by atoms with E-state index in [1.807, 2.05) is 0 Å². The van der Waals surface area contributed by atoms with Crippen LogP contribution >= 0.6 is 0 Å². The van der Waals surface area contributed by atoms with Crippen molar-refractivity contribution in [2.45, 2.75) is 12.8 Å². The van der Waals surface area contributed by atoms with Gasteiger partial charge in [-0.25, -0.2) is 0 Å². The molecule has 0 saturated heterocycles. The third-order valence-electron chi connectivity index (χ3n) is 2.93. The predicted octanol–water partition coefficient (Wildman–Crippen LogP) is 1.85. The average molecular weight is 162 g/mol. The van der Waals surface area contributed by atoms with Crippen molar-refractivity contribution in [2.24, 2.45) is 17.8 Å². The molecular formula is C11H14O. The molecule has 0 spiro atoms. The first-order valence-corrected chi connectivity index (χ1v) is 4.59. The van der Waals surface area contributed by atoms with Gasteiger partial charge in [-0.1, -0.05) is 18.1 Å². The fourth-order valence-corrected chi connectivity index (χ4v) is 2.36. The fraction of sp³-hybridized carbons (Fsp3) is 0.636. The minimum atomic E-state index is 0.470. The van der Waals surface area contributed by atoms with Crippen LogP contribution in [0.15, 0.2) is 12.2 Å². The average Bonchev–Trinajstić information content (AvgIpc) is 2.65. The molecule has 1 saturated carbocycles. The Morgan fingerprint density at radius 1 is 1.42 bits per heavy atom. The monoisotopic (exact) mass is 162 g/mol. The molecule has 64 valence electrons. The lowest BCUT2D eigenvalue weighted by molar-refractivity contribution is 0.116. The van der Waals surface area contributed by atoms with Gasteiger partial charge >= 0.3 is 0 Å². The van der Waals surface area contributed by atoms with Crippen molar-refractivity contribution in [3.63, 3.8) is 0 Å². The zero-order chi connectivity index (χ0) is 8.39. The first kappa shape index (κ1) is 7.89. The van der Waals surface area contributed by atoms with Gasteiger partial charge in [0.25, 0.3) is 0 Å². The Morgan fingerprint density at radius 3 is 2.92 bits per heavy atom. The largest absolute Gasteiger partial charge is 0.368 e. The lowest BCUT2D eigenvalue weighted by atomic mass is 9.95. The first-order chi connectivity index (χ1) is 5.90. The van der Waals surface area contributed by atoms with E-state index < -0.39 is 0 Å². The maximum absolute atomic E-state index is 5.35. The molecule has 1 fully saturated rings. The van der Waals surface area contributed by atoms with Crippen molar-refractivity contribution < 1.29 is 4.74 Å². The quantitative estimate of drug-likeness (QED) is 0.349. The van der Waals surface area contributed by atoms with Gasteiger partial charge < -0.3 is 4.74 Å². The van der Waals surface area contributed by atoms with E-state index in [0.717, 1.165) is 24.4 Å². The molecule has 2 aliphatic carbocycles. The highest BCUT2D eigenvalue weighted by atomic mass is 16.5. The summed E-state index contributed by atoms with van der Waals surface area (Å²) in [6.45, 7) is 1.33. The van der Waals surface area contributed by atoms with E-state index in [4.69, 9.17) is 11.2 Å². The molecule has 0 aromatic rings. The van der Waals surface area contributed by atoms with Gasteiger partial charge in [0.1, 0.15) is 6.61 Å². The van der Waals surface area contributed by atoms with Gasteiger partial charge in [0.15, 0.2) is 0 Å². The van der Waals surface area contributed by atoms with Crippen molar-refractivity contribution >= 4 is 0 Å². The summed E-state index contributed by atoms with van der Waals surface area (Å²) in [5, 5.41) is 0. The molecule has 1 nitrogen and oxygen atoms in total. The van der Waals surface area contributed by atoms with Gasteiger partial charge in [0.05, 0.1) is 6.61 Å². The summed E-state index contributed by atoms with van der Waals surface area (Å²) in [6.07, 6.45) is 12.5. The van der Waals surface area contributed by atoms with Crippen LogP contribution in [0.1, 0.15) is 12.8 Å². The van der Waals surface area contributed by atoms with Crippen LogP contribution in [0.3, 0.4) is 0 Å². The minimum Gasteiger partial charge on any atom is -0.368 e. The first-order valence-electron chi connectivity index (χ1n) is 4.59. The van der Waals surface area contributed by atoms with E-state index in [0.29, 0.717) is 6.61 Å². The second-order valence-electron chi connectivity index (χ2n) is 3.76. The molecule has 2 rings (SSSR count). The molecule has 0 aromatic carbocycles. The van der Waals surface area contributed by atoms with Crippen LogP contribution in [-0.4, -0.2) is 13.2 Å². The smallest absolute Gasteiger partial charge is 0.107 e. The maximum Gasteiger partial charge on any atom is 0.107 e. The van der Waals surface area contributed by atoms with E-state index in [2.05, 4.69) is 18.1 Å². The summed E-state index contributed by atoms with van der Waals surface area (Å²) in [6, 6.07) is 0. The van der Waals surface area contributed by atoms with Gasteiger partial charge in [-0.05, 0) is 30.6 Å². The van der Waals surface area contributed by atoms with Crippen LogP contribution in [0.25, 0.3) is 0 Å². The highest BCUT2D eigenvalue weighted by Crippen LogP contribution is 2.43. The van der Waals surface area contributed by atoms with E-state index in [-0.39, 0.29) is 0 Å². The Hall–Kier alpha value is -0.740. The van der Waals surface area contributed by atoms with Crippen molar-refractivity contribution in [3.05, 3.63) is 12.2 Å². The summed E-state index contributed by atoms with van der Waals surface area (Å²) in [7, 11) is 0.